The predicted octanol–water partition coefficient (Wildman–Crippen LogP) is 2.01. The normalized spacial score (nSPS) is 14.6. The van der Waals surface area contributed by atoms with E-state index in [0.717, 1.165) is 24.4 Å². The Balaban J connectivity index is 1.85. The number of hydrogen-bond acceptors (Lipinski definition) is 4. The number of nitrogens with zero attached hydrogens (tertiary/aromatic N) is 1. The summed E-state index contributed by atoms with van der Waals surface area (Å²) in [5.41, 5.74) is 2.22. The van der Waals surface area contributed by atoms with Crippen molar-refractivity contribution in [3.8, 4) is 0 Å². The number of fused-ring (bicyclic) bond motifs is 1. The van der Waals surface area contributed by atoms with Crippen LogP contribution in [0.25, 0.3) is 0 Å². The third-order valence-electron chi connectivity index (χ3n) is 3.69. The van der Waals surface area contributed by atoms with Gasteiger partial charge in [0.1, 0.15) is 11.5 Å². The largest absolute Gasteiger partial charge is 0.465 e. The maximum absolute atomic E-state index is 12.6. The van der Waals surface area contributed by atoms with Gasteiger partial charge in [-0.15, -0.1) is 0 Å². The molecule has 112 valence electrons. The van der Waals surface area contributed by atoms with Gasteiger partial charge in [0.15, 0.2) is 0 Å². The molecule has 0 saturated heterocycles. The molecule has 2 aromatic rings. The minimum atomic E-state index is -3.50. The van der Waals surface area contributed by atoms with Gasteiger partial charge in [-0.3, -0.25) is 0 Å². The Morgan fingerprint density at radius 2 is 1.95 bits per heavy atom. The Morgan fingerprint density at radius 1 is 1.19 bits per heavy atom. The van der Waals surface area contributed by atoms with Crippen LogP contribution in [0.5, 0.6) is 0 Å². The van der Waals surface area contributed by atoms with E-state index >= 15 is 0 Å². The van der Waals surface area contributed by atoms with Crippen LogP contribution in [0.2, 0.25) is 0 Å². The van der Waals surface area contributed by atoms with Gasteiger partial charge in [0.25, 0.3) is 0 Å². The number of hydrogen-bond donors (Lipinski definition) is 1. The first-order valence-electron chi connectivity index (χ1n) is 6.81. The van der Waals surface area contributed by atoms with Crippen molar-refractivity contribution < 1.29 is 12.8 Å². The highest BCUT2D eigenvalue weighted by Gasteiger charge is 2.23. The van der Waals surface area contributed by atoms with E-state index in [-0.39, 0.29) is 6.54 Å². The summed E-state index contributed by atoms with van der Waals surface area (Å²) in [7, 11) is -1.94. The van der Waals surface area contributed by atoms with E-state index in [9.17, 15) is 8.42 Å². The summed E-state index contributed by atoms with van der Waals surface area (Å²) in [6.45, 7) is 3.59. The molecule has 1 aromatic carbocycles. The van der Waals surface area contributed by atoms with E-state index in [1.807, 2.05) is 19.1 Å². The first-order valence-corrected chi connectivity index (χ1v) is 8.25. The quantitative estimate of drug-likeness (QED) is 0.938. The zero-order valence-electron chi connectivity index (χ0n) is 12.1. The predicted molar refractivity (Wildman–Crippen MR) is 79.1 cm³/mol. The number of nitrogens with one attached hydrogen (secondary N) is 1. The van der Waals surface area contributed by atoms with Gasteiger partial charge in [0.05, 0.1) is 11.4 Å². The van der Waals surface area contributed by atoms with Gasteiger partial charge in [-0.05, 0) is 42.3 Å². The molecule has 2 heterocycles. The molecular formula is C15H18N2O3S. The molecule has 0 spiro atoms. The fourth-order valence-electron chi connectivity index (χ4n) is 2.49. The molecule has 1 N–H and O–H groups in total. The highest BCUT2D eigenvalue weighted by molar-refractivity contribution is 7.89. The molecule has 1 aromatic heterocycles. The number of rotatable bonds is 4. The molecule has 0 aliphatic carbocycles. The maximum Gasteiger partial charge on any atom is 0.243 e. The minimum Gasteiger partial charge on any atom is -0.465 e. The molecule has 0 radical (unpaired) electrons. The van der Waals surface area contributed by atoms with E-state index in [1.165, 1.54) is 9.87 Å². The molecule has 21 heavy (non-hydrogen) atoms. The molecule has 0 saturated carbocycles. The van der Waals surface area contributed by atoms with Crippen molar-refractivity contribution in [2.75, 3.05) is 7.05 Å². The van der Waals surface area contributed by atoms with Gasteiger partial charge < -0.3 is 9.73 Å². The molecule has 0 bridgehead atoms. The fraction of sp³-hybridized carbons (Fsp3) is 0.333. The van der Waals surface area contributed by atoms with Crippen molar-refractivity contribution in [3.05, 3.63) is 53.0 Å². The van der Waals surface area contributed by atoms with Gasteiger partial charge in [-0.1, -0.05) is 6.07 Å². The standard InChI is InChI=1S/C15H18N2O3S/c1-11-3-5-14(20-11)10-17(2)21(18,19)15-6-4-12-8-16-9-13(12)7-15/h3-7,16H,8-10H2,1-2H3. The van der Waals surface area contributed by atoms with Crippen LogP contribution in [0.15, 0.2) is 39.6 Å². The summed E-state index contributed by atoms with van der Waals surface area (Å²) < 4.78 is 32.0. The fourth-order valence-corrected chi connectivity index (χ4v) is 3.67. The SMILES string of the molecule is Cc1ccc(CN(C)S(=O)(=O)c2ccc3c(c2)CNC3)o1. The summed E-state index contributed by atoms with van der Waals surface area (Å²) in [6.07, 6.45) is 0. The van der Waals surface area contributed by atoms with Crippen molar-refractivity contribution >= 4 is 10.0 Å². The van der Waals surface area contributed by atoms with Crippen LogP contribution in [-0.4, -0.2) is 19.8 Å². The molecule has 0 unspecified atom stereocenters. The monoisotopic (exact) mass is 306 g/mol. The zero-order chi connectivity index (χ0) is 15.0. The number of sulfonamides is 1. The Kier molecular flexibility index (Phi) is 3.61. The van der Waals surface area contributed by atoms with Gasteiger partial charge in [-0.2, -0.15) is 4.31 Å². The highest BCUT2D eigenvalue weighted by Crippen LogP contribution is 2.23. The molecular weight excluding hydrogens is 288 g/mol. The smallest absolute Gasteiger partial charge is 0.243 e. The summed E-state index contributed by atoms with van der Waals surface area (Å²) in [5, 5.41) is 3.21. The number of furan rings is 1. The third kappa shape index (κ3) is 2.74. The molecule has 1 aliphatic heterocycles. The van der Waals surface area contributed by atoms with Crippen LogP contribution in [0, 0.1) is 6.92 Å². The van der Waals surface area contributed by atoms with E-state index < -0.39 is 10.0 Å². The second-order valence-electron chi connectivity index (χ2n) is 5.31. The Morgan fingerprint density at radius 3 is 2.67 bits per heavy atom. The van der Waals surface area contributed by atoms with E-state index in [4.69, 9.17) is 4.42 Å². The Hall–Kier alpha value is -1.63. The van der Waals surface area contributed by atoms with Crippen molar-refractivity contribution in [2.45, 2.75) is 31.5 Å². The van der Waals surface area contributed by atoms with Crippen LogP contribution >= 0.6 is 0 Å². The lowest BCUT2D eigenvalue weighted by atomic mass is 10.1. The van der Waals surface area contributed by atoms with Crippen LogP contribution in [0.1, 0.15) is 22.6 Å². The van der Waals surface area contributed by atoms with E-state index in [1.54, 1.807) is 25.2 Å². The van der Waals surface area contributed by atoms with Crippen molar-refractivity contribution in [3.63, 3.8) is 0 Å². The average molecular weight is 306 g/mol. The summed E-state index contributed by atoms with van der Waals surface area (Å²) in [6, 6.07) is 8.94. The second-order valence-corrected chi connectivity index (χ2v) is 7.35. The maximum atomic E-state index is 12.6. The second kappa shape index (κ2) is 5.29. The summed E-state index contributed by atoms with van der Waals surface area (Å²) in [4.78, 5) is 0.329. The zero-order valence-corrected chi connectivity index (χ0v) is 12.9. The third-order valence-corrected chi connectivity index (χ3v) is 5.49. The Labute approximate surface area is 124 Å². The van der Waals surface area contributed by atoms with Crippen molar-refractivity contribution in [2.24, 2.45) is 0 Å². The van der Waals surface area contributed by atoms with E-state index in [2.05, 4.69) is 5.32 Å². The number of benzene rings is 1. The van der Waals surface area contributed by atoms with Gasteiger partial charge in [-0.25, -0.2) is 8.42 Å². The summed E-state index contributed by atoms with van der Waals surface area (Å²) in [5.74, 6) is 1.42. The van der Waals surface area contributed by atoms with Gasteiger partial charge in [0.2, 0.25) is 10.0 Å². The minimum absolute atomic E-state index is 0.228. The van der Waals surface area contributed by atoms with Crippen LogP contribution in [0.4, 0.5) is 0 Å². The Bertz CT molecular complexity index is 765. The average Bonchev–Trinajstić information content (AvgIpc) is 3.06. The molecule has 0 atom stereocenters. The molecule has 3 rings (SSSR count). The van der Waals surface area contributed by atoms with Gasteiger partial charge >= 0.3 is 0 Å². The summed E-state index contributed by atoms with van der Waals surface area (Å²) >= 11 is 0. The first kappa shape index (κ1) is 14.3. The molecule has 0 fully saturated rings. The lowest BCUT2D eigenvalue weighted by Crippen LogP contribution is -2.26. The van der Waals surface area contributed by atoms with E-state index in [0.29, 0.717) is 10.7 Å². The highest BCUT2D eigenvalue weighted by atomic mass is 32.2. The lowest BCUT2D eigenvalue weighted by molar-refractivity contribution is 0.397. The first-order chi connectivity index (χ1) is 9.96. The van der Waals surface area contributed by atoms with Gasteiger partial charge in [0, 0.05) is 20.1 Å². The molecule has 1 aliphatic rings. The van der Waals surface area contributed by atoms with Crippen molar-refractivity contribution in [1.82, 2.24) is 9.62 Å². The van der Waals surface area contributed by atoms with Crippen molar-refractivity contribution in [1.29, 1.82) is 0 Å². The lowest BCUT2D eigenvalue weighted by Gasteiger charge is -2.16. The topological polar surface area (TPSA) is 62.6 Å². The number of aryl methyl sites for hydroxylation is 1. The molecule has 6 heteroatoms. The molecule has 0 amide bonds. The van der Waals surface area contributed by atoms with Crippen LogP contribution in [-0.2, 0) is 29.7 Å². The van der Waals surface area contributed by atoms with Crippen LogP contribution < -0.4 is 5.32 Å². The van der Waals surface area contributed by atoms with Crippen LogP contribution in [0.3, 0.4) is 0 Å². The molecule has 5 nitrogen and oxygen atoms in total.